The second-order valence-electron chi connectivity index (χ2n) is 6.43. The van der Waals surface area contributed by atoms with E-state index < -0.39 is 0 Å². The molecule has 1 saturated heterocycles. The lowest BCUT2D eigenvalue weighted by molar-refractivity contribution is -0.0598. The first kappa shape index (κ1) is 16.2. The number of hydrogen-bond donors (Lipinski definition) is 0. The summed E-state index contributed by atoms with van der Waals surface area (Å²) in [6.45, 7) is 1.50. The summed E-state index contributed by atoms with van der Waals surface area (Å²) in [6.07, 6.45) is 6.70. The summed E-state index contributed by atoms with van der Waals surface area (Å²) in [6, 6.07) is 3.85. The molecule has 1 aliphatic heterocycles. The van der Waals surface area contributed by atoms with Crippen molar-refractivity contribution in [3.05, 3.63) is 42.2 Å². The fourth-order valence-electron chi connectivity index (χ4n) is 3.60. The minimum Gasteiger partial charge on any atom is -0.374 e. The van der Waals surface area contributed by atoms with Gasteiger partial charge in [-0.2, -0.15) is 0 Å². The molecule has 132 valence electrons. The van der Waals surface area contributed by atoms with Crippen LogP contribution in [0, 0.1) is 0 Å². The first-order valence-electron chi connectivity index (χ1n) is 8.51. The molecule has 0 spiro atoms. The number of amides is 1. The Bertz CT molecular complexity index is 735. The summed E-state index contributed by atoms with van der Waals surface area (Å²) in [5, 5.41) is 4.14. The predicted molar refractivity (Wildman–Crippen MR) is 87.6 cm³/mol. The van der Waals surface area contributed by atoms with E-state index in [-0.39, 0.29) is 30.0 Å². The van der Waals surface area contributed by atoms with Gasteiger partial charge >= 0.3 is 0 Å². The molecule has 4 rings (SSSR count). The van der Waals surface area contributed by atoms with Crippen molar-refractivity contribution in [3.63, 3.8) is 0 Å². The Morgan fingerprint density at radius 2 is 2.36 bits per heavy atom. The molecule has 0 unspecified atom stereocenters. The zero-order chi connectivity index (χ0) is 17.2. The first-order chi connectivity index (χ1) is 12.2. The Hall–Kier alpha value is -2.32. The number of rotatable bonds is 4. The van der Waals surface area contributed by atoms with E-state index in [1.165, 1.54) is 11.0 Å². The zero-order valence-electron chi connectivity index (χ0n) is 14.1. The highest BCUT2D eigenvalue weighted by Gasteiger charge is 2.45. The molecule has 0 radical (unpaired) electrons. The fourth-order valence-corrected chi connectivity index (χ4v) is 3.60. The third-order valence-electron chi connectivity index (χ3n) is 4.77. The van der Waals surface area contributed by atoms with E-state index in [0.29, 0.717) is 19.8 Å². The Morgan fingerprint density at radius 3 is 3.12 bits per heavy atom. The molecular formula is C17H21N5O3. The van der Waals surface area contributed by atoms with E-state index in [2.05, 4.69) is 15.1 Å². The van der Waals surface area contributed by atoms with Crippen LogP contribution in [0.4, 0.5) is 0 Å². The number of nitrogens with zero attached hydrogens (tertiary/aromatic N) is 5. The highest BCUT2D eigenvalue weighted by atomic mass is 16.5. The molecule has 1 aliphatic carbocycles. The molecule has 1 saturated carbocycles. The molecule has 2 aromatic rings. The average molecular weight is 343 g/mol. The Morgan fingerprint density at radius 1 is 1.44 bits per heavy atom. The smallest absolute Gasteiger partial charge is 0.293 e. The van der Waals surface area contributed by atoms with Crippen LogP contribution in [0.1, 0.15) is 29.0 Å². The Kier molecular flexibility index (Phi) is 4.46. The normalized spacial score (nSPS) is 25.8. The highest BCUT2D eigenvalue weighted by Crippen LogP contribution is 2.33. The molecule has 2 aromatic heterocycles. The third-order valence-corrected chi connectivity index (χ3v) is 4.77. The van der Waals surface area contributed by atoms with Gasteiger partial charge in [-0.1, -0.05) is 6.07 Å². The molecule has 0 aromatic carbocycles. The maximum Gasteiger partial charge on any atom is 0.293 e. The van der Waals surface area contributed by atoms with E-state index in [0.717, 1.165) is 18.4 Å². The first-order valence-corrected chi connectivity index (χ1v) is 8.51. The number of pyridine rings is 1. The van der Waals surface area contributed by atoms with Crippen LogP contribution in [0.15, 0.2) is 30.9 Å². The molecule has 3 atom stereocenters. The maximum absolute atomic E-state index is 12.8. The van der Waals surface area contributed by atoms with Crippen molar-refractivity contribution in [2.45, 2.75) is 37.7 Å². The summed E-state index contributed by atoms with van der Waals surface area (Å²) < 4.78 is 13.6. The van der Waals surface area contributed by atoms with E-state index >= 15 is 0 Å². The van der Waals surface area contributed by atoms with Crippen LogP contribution < -0.4 is 0 Å². The number of carbonyl (C=O) groups is 1. The number of aromatic nitrogens is 4. The molecular weight excluding hydrogens is 322 g/mol. The van der Waals surface area contributed by atoms with E-state index in [1.807, 2.05) is 17.0 Å². The van der Waals surface area contributed by atoms with Crippen LogP contribution >= 0.6 is 0 Å². The Labute approximate surface area is 145 Å². The number of hydrogen-bond acceptors (Lipinski definition) is 6. The second kappa shape index (κ2) is 6.89. The summed E-state index contributed by atoms with van der Waals surface area (Å²) in [4.78, 5) is 22.9. The molecule has 3 heterocycles. The summed E-state index contributed by atoms with van der Waals surface area (Å²) >= 11 is 0. The molecule has 2 bridgehead atoms. The highest BCUT2D eigenvalue weighted by molar-refractivity contribution is 5.90. The average Bonchev–Trinajstić information content (AvgIpc) is 3.17. The second-order valence-corrected chi connectivity index (χ2v) is 6.43. The van der Waals surface area contributed by atoms with Gasteiger partial charge in [0.2, 0.25) is 5.82 Å². The standard InChI is InChI=1S/C17H21N5O3/c1-21-11-19-16(20-21)17(23)22-7-8-24-14-5-4-13(22)15(14)25-10-12-3-2-6-18-9-12/h2-3,6,9,11,13-15H,4-5,7-8,10H2,1H3/t13-,14-,15-/m0/s1. The molecule has 0 N–H and O–H groups in total. The quantitative estimate of drug-likeness (QED) is 0.817. The van der Waals surface area contributed by atoms with Crippen molar-refractivity contribution in [1.29, 1.82) is 0 Å². The SMILES string of the molecule is Cn1cnc(C(=O)N2CCO[C@H]3CC[C@H]2[C@@H]3OCc2cccnc2)n1. The minimum absolute atomic E-state index is 0.0134. The monoisotopic (exact) mass is 343 g/mol. The van der Waals surface area contributed by atoms with Gasteiger partial charge in [-0.3, -0.25) is 14.5 Å². The van der Waals surface area contributed by atoms with Gasteiger partial charge in [0, 0.05) is 26.0 Å². The van der Waals surface area contributed by atoms with Crippen LogP contribution in [-0.2, 0) is 23.1 Å². The van der Waals surface area contributed by atoms with Gasteiger partial charge < -0.3 is 14.4 Å². The van der Waals surface area contributed by atoms with E-state index in [1.54, 1.807) is 19.4 Å². The van der Waals surface area contributed by atoms with Crippen molar-refractivity contribution >= 4 is 5.91 Å². The minimum atomic E-state index is -0.160. The van der Waals surface area contributed by atoms with Crippen molar-refractivity contribution < 1.29 is 14.3 Å². The lowest BCUT2D eigenvalue weighted by Gasteiger charge is -2.30. The molecule has 1 amide bonds. The lowest BCUT2D eigenvalue weighted by atomic mass is 10.1. The van der Waals surface area contributed by atoms with Crippen LogP contribution in [0.3, 0.4) is 0 Å². The summed E-state index contributed by atoms with van der Waals surface area (Å²) in [7, 11) is 1.75. The van der Waals surface area contributed by atoms with Crippen molar-refractivity contribution in [2.75, 3.05) is 13.2 Å². The topological polar surface area (TPSA) is 82.4 Å². The van der Waals surface area contributed by atoms with Gasteiger partial charge in [0.15, 0.2) is 0 Å². The molecule has 25 heavy (non-hydrogen) atoms. The molecule has 2 fully saturated rings. The van der Waals surface area contributed by atoms with Gasteiger partial charge in [0.1, 0.15) is 12.4 Å². The van der Waals surface area contributed by atoms with Crippen molar-refractivity contribution in [2.24, 2.45) is 7.05 Å². The fraction of sp³-hybridized carbons (Fsp3) is 0.529. The number of ether oxygens (including phenoxy) is 2. The van der Waals surface area contributed by atoms with Gasteiger partial charge in [0.25, 0.3) is 5.91 Å². The van der Waals surface area contributed by atoms with E-state index in [9.17, 15) is 4.79 Å². The third kappa shape index (κ3) is 3.27. The van der Waals surface area contributed by atoms with Crippen LogP contribution in [0.25, 0.3) is 0 Å². The van der Waals surface area contributed by atoms with Crippen molar-refractivity contribution in [3.8, 4) is 0 Å². The van der Waals surface area contributed by atoms with Gasteiger partial charge in [-0.05, 0) is 24.5 Å². The molecule has 8 nitrogen and oxygen atoms in total. The van der Waals surface area contributed by atoms with Crippen molar-refractivity contribution in [1.82, 2.24) is 24.6 Å². The van der Waals surface area contributed by atoms with Crippen LogP contribution in [-0.4, -0.2) is 62.0 Å². The zero-order valence-corrected chi connectivity index (χ0v) is 14.1. The largest absolute Gasteiger partial charge is 0.374 e. The molecule has 8 heteroatoms. The van der Waals surface area contributed by atoms with Crippen LogP contribution in [0.2, 0.25) is 0 Å². The van der Waals surface area contributed by atoms with Crippen LogP contribution in [0.5, 0.6) is 0 Å². The number of fused-ring (bicyclic) bond motifs is 2. The maximum atomic E-state index is 12.8. The predicted octanol–water partition coefficient (Wildman–Crippen LogP) is 0.799. The number of carbonyl (C=O) groups excluding carboxylic acids is 1. The molecule has 2 aliphatic rings. The van der Waals surface area contributed by atoms with E-state index in [4.69, 9.17) is 9.47 Å². The van der Waals surface area contributed by atoms with Gasteiger partial charge in [0.05, 0.1) is 25.4 Å². The lowest BCUT2D eigenvalue weighted by Crippen LogP contribution is -2.46. The summed E-state index contributed by atoms with van der Waals surface area (Å²) in [5.41, 5.74) is 1.01. The van der Waals surface area contributed by atoms with Gasteiger partial charge in [-0.25, -0.2) is 4.98 Å². The summed E-state index contributed by atoms with van der Waals surface area (Å²) in [5.74, 6) is 0.0607. The Balaban J connectivity index is 1.50. The van der Waals surface area contributed by atoms with Gasteiger partial charge in [-0.15, -0.1) is 5.10 Å². The number of aryl methyl sites for hydroxylation is 1.